The summed E-state index contributed by atoms with van der Waals surface area (Å²) in [5.74, 6) is 0. The molecule has 0 radical (unpaired) electrons. The quantitative estimate of drug-likeness (QED) is 0.853. The number of hydrogen-bond donors (Lipinski definition) is 2. The molecule has 0 atom stereocenters. The van der Waals surface area contributed by atoms with Crippen LogP contribution in [0.25, 0.3) is 0 Å². The maximum absolute atomic E-state index is 12.1. The van der Waals surface area contributed by atoms with E-state index in [1.807, 2.05) is 0 Å². The van der Waals surface area contributed by atoms with Gasteiger partial charge in [0.05, 0.1) is 3.79 Å². The molecule has 104 valence electrons. The van der Waals surface area contributed by atoms with E-state index in [0.29, 0.717) is 16.9 Å². The summed E-state index contributed by atoms with van der Waals surface area (Å²) in [7, 11) is -3.44. The van der Waals surface area contributed by atoms with E-state index in [9.17, 15) is 8.42 Å². The highest BCUT2D eigenvalue weighted by Crippen LogP contribution is 2.31. The highest BCUT2D eigenvalue weighted by molar-refractivity contribution is 9.11. The van der Waals surface area contributed by atoms with Crippen molar-refractivity contribution < 1.29 is 8.42 Å². The molecule has 0 aliphatic carbocycles. The molecule has 4 nitrogen and oxygen atoms in total. The first-order valence-electron chi connectivity index (χ1n) is 5.64. The Hall–Kier alpha value is 0.0500. The lowest BCUT2D eigenvalue weighted by atomic mass is 9.93. The lowest BCUT2D eigenvalue weighted by Crippen LogP contribution is -2.27. The Bertz CT molecular complexity index is 504. The van der Waals surface area contributed by atoms with Crippen molar-refractivity contribution >= 4 is 37.3 Å². The van der Waals surface area contributed by atoms with Crippen LogP contribution in [-0.2, 0) is 16.6 Å². The van der Waals surface area contributed by atoms with Crippen molar-refractivity contribution in [2.75, 3.05) is 6.54 Å². The van der Waals surface area contributed by atoms with Gasteiger partial charge < -0.3 is 5.73 Å². The molecule has 1 aromatic rings. The standard InChI is InChI=1S/C11H19BrN2O2S2/c1-11(2,3)4-5-14-18(15,16)9-6-8(7-13)17-10(9)12/h6,14H,4-5,7,13H2,1-3H3. The Morgan fingerprint density at radius 3 is 2.50 bits per heavy atom. The smallest absolute Gasteiger partial charge is 0.242 e. The van der Waals surface area contributed by atoms with Gasteiger partial charge in [-0.2, -0.15) is 0 Å². The first-order chi connectivity index (χ1) is 8.15. The fraction of sp³-hybridized carbons (Fsp3) is 0.636. The monoisotopic (exact) mass is 354 g/mol. The van der Waals surface area contributed by atoms with Crippen LogP contribution >= 0.6 is 27.3 Å². The summed E-state index contributed by atoms with van der Waals surface area (Å²) < 4.78 is 27.4. The molecular formula is C11H19BrN2O2S2. The predicted octanol–water partition coefficient (Wildman–Crippen LogP) is 2.68. The minimum atomic E-state index is -3.44. The Morgan fingerprint density at radius 2 is 2.06 bits per heavy atom. The zero-order chi connectivity index (χ0) is 14.0. The zero-order valence-electron chi connectivity index (χ0n) is 10.8. The van der Waals surface area contributed by atoms with Crippen molar-refractivity contribution in [1.29, 1.82) is 0 Å². The van der Waals surface area contributed by atoms with E-state index in [4.69, 9.17) is 5.73 Å². The van der Waals surface area contributed by atoms with Gasteiger partial charge in [-0.15, -0.1) is 11.3 Å². The fourth-order valence-electron chi connectivity index (χ4n) is 1.32. The van der Waals surface area contributed by atoms with Crippen LogP contribution in [0.1, 0.15) is 32.1 Å². The maximum atomic E-state index is 12.1. The normalized spacial score (nSPS) is 12.9. The number of nitrogens with one attached hydrogen (secondary N) is 1. The van der Waals surface area contributed by atoms with Crippen LogP contribution in [0, 0.1) is 5.41 Å². The molecule has 7 heteroatoms. The highest BCUT2D eigenvalue weighted by atomic mass is 79.9. The van der Waals surface area contributed by atoms with Crippen molar-refractivity contribution in [3.05, 3.63) is 14.7 Å². The Labute approximate surface area is 121 Å². The van der Waals surface area contributed by atoms with Crippen LogP contribution in [0.4, 0.5) is 0 Å². The number of rotatable bonds is 5. The lowest BCUT2D eigenvalue weighted by molar-refractivity contribution is 0.378. The van der Waals surface area contributed by atoms with Gasteiger partial charge in [0.1, 0.15) is 4.90 Å². The summed E-state index contributed by atoms with van der Waals surface area (Å²) in [4.78, 5) is 1.12. The second-order valence-electron chi connectivity index (χ2n) is 5.26. The molecule has 0 bridgehead atoms. The van der Waals surface area contributed by atoms with Crippen LogP contribution in [-0.4, -0.2) is 15.0 Å². The summed E-state index contributed by atoms with van der Waals surface area (Å²) in [6, 6.07) is 1.62. The SMILES string of the molecule is CC(C)(C)CCNS(=O)(=O)c1cc(CN)sc1Br. The van der Waals surface area contributed by atoms with Crippen LogP contribution in [0.2, 0.25) is 0 Å². The molecular weight excluding hydrogens is 336 g/mol. The Balaban J connectivity index is 2.77. The first-order valence-corrected chi connectivity index (χ1v) is 8.73. The van der Waals surface area contributed by atoms with Crippen molar-refractivity contribution in [2.45, 2.75) is 38.6 Å². The van der Waals surface area contributed by atoms with Gasteiger partial charge in [-0.3, -0.25) is 0 Å². The van der Waals surface area contributed by atoms with E-state index < -0.39 is 10.0 Å². The second-order valence-corrected chi connectivity index (χ2v) is 9.45. The molecule has 1 aromatic heterocycles. The number of nitrogens with two attached hydrogens (primary N) is 1. The van der Waals surface area contributed by atoms with E-state index in [0.717, 1.165) is 11.3 Å². The first kappa shape index (κ1) is 16.1. The summed E-state index contributed by atoms with van der Waals surface area (Å²) >= 11 is 4.62. The van der Waals surface area contributed by atoms with Gasteiger partial charge in [0.2, 0.25) is 10.0 Å². The molecule has 0 saturated heterocycles. The molecule has 0 aliphatic rings. The van der Waals surface area contributed by atoms with E-state index in [1.54, 1.807) is 6.07 Å². The van der Waals surface area contributed by atoms with E-state index in [-0.39, 0.29) is 10.3 Å². The maximum Gasteiger partial charge on any atom is 0.242 e. The third-order valence-corrected chi connectivity index (χ3v) is 6.10. The van der Waals surface area contributed by atoms with Gasteiger partial charge in [-0.1, -0.05) is 20.8 Å². The van der Waals surface area contributed by atoms with E-state index in [1.165, 1.54) is 11.3 Å². The van der Waals surface area contributed by atoms with Gasteiger partial charge >= 0.3 is 0 Å². The topological polar surface area (TPSA) is 72.2 Å². The molecule has 0 fully saturated rings. The molecule has 1 rings (SSSR count). The van der Waals surface area contributed by atoms with Crippen molar-refractivity contribution in [1.82, 2.24) is 4.72 Å². The third-order valence-electron chi connectivity index (χ3n) is 2.36. The number of sulfonamides is 1. The molecule has 18 heavy (non-hydrogen) atoms. The second kappa shape index (κ2) is 6.00. The molecule has 0 saturated carbocycles. The molecule has 0 unspecified atom stereocenters. The number of halogens is 1. The van der Waals surface area contributed by atoms with Gasteiger partial charge in [-0.05, 0) is 33.8 Å². The van der Waals surface area contributed by atoms with Crippen LogP contribution in [0.3, 0.4) is 0 Å². The Morgan fingerprint density at radius 1 is 1.44 bits per heavy atom. The summed E-state index contributed by atoms with van der Waals surface area (Å²) in [5.41, 5.74) is 5.61. The summed E-state index contributed by atoms with van der Waals surface area (Å²) in [6.45, 7) is 7.02. The largest absolute Gasteiger partial charge is 0.326 e. The Kier molecular flexibility index (Phi) is 5.37. The van der Waals surface area contributed by atoms with E-state index >= 15 is 0 Å². The number of thiophene rings is 1. The molecule has 0 aliphatic heterocycles. The third kappa shape index (κ3) is 4.62. The van der Waals surface area contributed by atoms with Crippen LogP contribution in [0.5, 0.6) is 0 Å². The van der Waals surface area contributed by atoms with Crippen molar-refractivity contribution in [3.63, 3.8) is 0 Å². The van der Waals surface area contributed by atoms with Crippen molar-refractivity contribution in [2.24, 2.45) is 11.1 Å². The zero-order valence-corrected chi connectivity index (χ0v) is 14.0. The fourth-order valence-corrected chi connectivity index (χ4v) is 4.91. The average molecular weight is 355 g/mol. The highest BCUT2D eigenvalue weighted by Gasteiger charge is 2.21. The average Bonchev–Trinajstić information content (AvgIpc) is 2.58. The van der Waals surface area contributed by atoms with E-state index in [2.05, 4.69) is 41.4 Å². The molecule has 0 amide bonds. The minimum absolute atomic E-state index is 0.108. The molecule has 0 aromatic carbocycles. The van der Waals surface area contributed by atoms with Crippen LogP contribution < -0.4 is 10.5 Å². The van der Waals surface area contributed by atoms with Gasteiger partial charge in [0, 0.05) is 18.0 Å². The van der Waals surface area contributed by atoms with Gasteiger partial charge in [-0.25, -0.2) is 13.1 Å². The van der Waals surface area contributed by atoms with Crippen molar-refractivity contribution in [3.8, 4) is 0 Å². The molecule has 3 N–H and O–H groups in total. The molecule has 0 spiro atoms. The van der Waals surface area contributed by atoms with Gasteiger partial charge in [0.15, 0.2) is 0 Å². The lowest BCUT2D eigenvalue weighted by Gasteiger charge is -2.17. The van der Waals surface area contributed by atoms with Crippen LogP contribution in [0.15, 0.2) is 14.7 Å². The summed E-state index contributed by atoms with van der Waals surface area (Å²) in [6.07, 6.45) is 0.789. The molecule has 1 heterocycles. The van der Waals surface area contributed by atoms with Gasteiger partial charge in [0.25, 0.3) is 0 Å². The summed E-state index contributed by atoms with van der Waals surface area (Å²) in [5, 5.41) is 0. The number of hydrogen-bond acceptors (Lipinski definition) is 4. The minimum Gasteiger partial charge on any atom is -0.326 e. The predicted molar refractivity (Wildman–Crippen MR) is 79.2 cm³/mol.